The number of halogens is 1. The van der Waals surface area contributed by atoms with E-state index in [1.54, 1.807) is 0 Å². The highest BCUT2D eigenvalue weighted by Crippen LogP contribution is 2.40. The number of nitrogens with zero attached hydrogens (tertiary/aromatic N) is 2. The van der Waals surface area contributed by atoms with Crippen LogP contribution in [-0.2, 0) is 0 Å². The Morgan fingerprint density at radius 2 is 2.12 bits per heavy atom. The molecule has 4 heteroatoms. The van der Waals surface area contributed by atoms with Crippen LogP contribution in [0.4, 0.5) is 0 Å². The van der Waals surface area contributed by atoms with Gasteiger partial charge in [0.25, 0.3) is 0 Å². The minimum absolute atomic E-state index is 0.504. The Kier molecular flexibility index (Phi) is 2.32. The van der Waals surface area contributed by atoms with Gasteiger partial charge in [-0.3, -0.25) is 0 Å². The van der Waals surface area contributed by atoms with Gasteiger partial charge in [0.05, 0.1) is 5.56 Å². The Bertz CT molecular complexity index is 532. The molecule has 0 atom stereocenters. The maximum Gasteiger partial charge on any atom is 0.248 e. The van der Waals surface area contributed by atoms with Crippen molar-refractivity contribution in [2.24, 2.45) is 0 Å². The van der Waals surface area contributed by atoms with Crippen LogP contribution in [0.2, 0.25) is 0 Å². The summed E-state index contributed by atoms with van der Waals surface area (Å²) in [5.41, 5.74) is 2.16. The van der Waals surface area contributed by atoms with Gasteiger partial charge in [-0.25, -0.2) is 0 Å². The Labute approximate surface area is 102 Å². The molecule has 0 spiro atoms. The zero-order valence-corrected chi connectivity index (χ0v) is 10.5. The van der Waals surface area contributed by atoms with Crippen LogP contribution in [0.1, 0.15) is 30.2 Å². The molecule has 82 valence electrons. The summed E-state index contributed by atoms with van der Waals surface area (Å²) < 4.78 is 6.67. The third kappa shape index (κ3) is 1.78. The van der Waals surface area contributed by atoms with E-state index in [0.717, 1.165) is 15.9 Å². The minimum atomic E-state index is 0.504. The van der Waals surface area contributed by atoms with Gasteiger partial charge in [-0.1, -0.05) is 11.6 Å². The highest BCUT2D eigenvalue weighted by molar-refractivity contribution is 9.10. The first-order chi connectivity index (χ1) is 7.74. The lowest BCUT2D eigenvalue weighted by atomic mass is 10.1. The topological polar surface area (TPSA) is 38.9 Å². The lowest BCUT2D eigenvalue weighted by Crippen LogP contribution is -1.81. The molecule has 1 aromatic heterocycles. The van der Waals surface area contributed by atoms with E-state index in [9.17, 15) is 0 Å². The van der Waals surface area contributed by atoms with E-state index in [2.05, 4.69) is 26.1 Å². The van der Waals surface area contributed by atoms with Crippen LogP contribution >= 0.6 is 15.9 Å². The van der Waals surface area contributed by atoms with Gasteiger partial charge < -0.3 is 4.42 Å². The molecule has 1 aliphatic rings. The second-order valence-electron chi connectivity index (χ2n) is 4.20. The Morgan fingerprint density at radius 3 is 2.88 bits per heavy atom. The molecule has 0 radical (unpaired) electrons. The van der Waals surface area contributed by atoms with Gasteiger partial charge in [0, 0.05) is 10.4 Å². The van der Waals surface area contributed by atoms with E-state index in [1.165, 1.54) is 18.4 Å². The maximum absolute atomic E-state index is 5.68. The van der Waals surface area contributed by atoms with Gasteiger partial charge in [0.2, 0.25) is 11.8 Å². The van der Waals surface area contributed by atoms with Crippen LogP contribution in [0.3, 0.4) is 0 Å². The van der Waals surface area contributed by atoms with Crippen LogP contribution in [-0.4, -0.2) is 10.2 Å². The molecular formula is C12H11BrN2O. The first-order valence-corrected chi connectivity index (χ1v) is 6.13. The van der Waals surface area contributed by atoms with Crippen molar-refractivity contribution < 1.29 is 4.42 Å². The van der Waals surface area contributed by atoms with Crippen molar-refractivity contribution in [2.75, 3.05) is 0 Å². The van der Waals surface area contributed by atoms with E-state index < -0.39 is 0 Å². The van der Waals surface area contributed by atoms with Crippen LogP contribution in [0, 0.1) is 6.92 Å². The fourth-order valence-corrected chi connectivity index (χ4v) is 2.06. The van der Waals surface area contributed by atoms with E-state index >= 15 is 0 Å². The van der Waals surface area contributed by atoms with E-state index in [-0.39, 0.29) is 0 Å². The number of hydrogen-bond donors (Lipinski definition) is 0. The maximum atomic E-state index is 5.68. The standard InChI is InChI=1S/C12H11BrN2O/c1-7-2-5-10(13)9(6-7)12-15-14-11(16-12)8-3-4-8/h2,5-6,8H,3-4H2,1H3. The summed E-state index contributed by atoms with van der Waals surface area (Å²) in [6.07, 6.45) is 2.35. The summed E-state index contributed by atoms with van der Waals surface area (Å²) in [7, 11) is 0. The summed E-state index contributed by atoms with van der Waals surface area (Å²) in [5, 5.41) is 8.19. The zero-order valence-electron chi connectivity index (χ0n) is 8.90. The van der Waals surface area contributed by atoms with Gasteiger partial charge >= 0.3 is 0 Å². The average Bonchev–Trinajstić information content (AvgIpc) is 3.01. The van der Waals surface area contributed by atoms with Crippen molar-refractivity contribution in [3.8, 4) is 11.5 Å². The van der Waals surface area contributed by atoms with E-state index in [1.807, 2.05) is 25.1 Å². The predicted molar refractivity (Wildman–Crippen MR) is 64.1 cm³/mol. The van der Waals surface area contributed by atoms with Crippen molar-refractivity contribution >= 4 is 15.9 Å². The number of benzene rings is 1. The first-order valence-electron chi connectivity index (χ1n) is 5.34. The normalized spacial score (nSPS) is 15.4. The lowest BCUT2D eigenvalue weighted by molar-refractivity contribution is 0.508. The Balaban J connectivity index is 2.03. The molecular weight excluding hydrogens is 268 g/mol. The van der Waals surface area contributed by atoms with Crippen LogP contribution < -0.4 is 0 Å². The second-order valence-corrected chi connectivity index (χ2v) is 5.06. The Morgan fingerprint density at radius 1 is 1.31 bits per heavy atom. The smallest absolute Gasteiger partial charge is 0.248 e. The van der Waals surface area contributed by atoms with Gasteiger partial charge in [0.1, 0.15) is 0 Å². The number of aryl methyl sites for hydroxylation is 1. The molecule has 1 heterocycles. The zero-order chi connectivity index (χ0) is 11.1. The van der Waals surface area contributed by atoms with Crippen molar-refractivity contribution in [2.45, 2.75) is 25.7 Å². The second kappa shape index (κ2) is 3.70. The third-order valence-electron chi connectivity index (χ3n) is 2.72. The molecule has 0 unspecified atom stereocenters. The quantitative estimate of drug-likeness (QED) is 0.841. The van der Waals surface area contributed by atoms with Crippen molar-refractivity contribution in [3.05, 3.63) is 34.1 Å². The third-order valence-corrected chi connectivity index (χ3v) is 3.41. The summed E-state index contributed by atoms with van der Waals surface area (Å²) in [4.78, 5) is 0. The molecule has 16 heavy (non-hydrogen) atoms. The largest absolute Gasteiger partial charge is 0.420 e. The summed E-state index contributed by atoms with van der Waals surface area (Å²) in [5.74, 6) is 1.89. The molecule has 0 aliphatic heterocycles. The molecule has 0 saturated heterocycles. The summed E-state index contributed by atoms with van der Waals surface area (Å²) >= 11 is 3.50. The Hall–Kier alpha value is -1.16. The monoisotopic (exact) mass is 278 g/mol. The lowest BCUT2D eigenvalue weighted by Gasteiger charge is -2.00. The predicted octanol–water partition coefficient (Wildman–Crippen LogP) is 3.68. The molecule has 3 nitrogen and oxygen atoms in total. The number of aromatic nitrogens is 2. The molecule has 3 rings (SSSR count). The number of hydrogen-bond acceptors (Lipinski definition) is 3. The molecule has 2 aromatic rings. The van der Waals surface area contributed by atoms with Gasteiger partial charge in [-0.05, 0) is 47.8 Å². The van der Waals surface area contributed by atoms with Crippen LogP contribution in [0.15, 0.2) is 27.1 Å². The molecule has 1 saturated carbocycles. The fourth-order valence-electron chi connectivity index (χ4n) is 1.64. The van der Waals surface area contributed by atoms with Gasteiger partial charge in [-0.15, -0.1) is 10.2 Å². The van der Waals surface area contributed by atoms with Crippen molar-refractivity contribution in [1.29, 1.82) is 0 Å². The molecule has 0 amide bonds. The molecule has 0 bridgehead atoms. The van der Waals surface area contributed by atoms with Crippen molar-refractivity contribution in [3.63, 3.8) is 0 Å². The van der Waals surface area contributed by atoms with Crippen LogP contribution in [0.5, 0.6) is 0 Å². The minimum Gasteiger partial charge on any atom is -0.420 e. The SMILES string of the molecule is Cc1ccc(Br)c(-c2nnc(C3CC3)o2)c1. The van der Waals surface area contributed by atoms with Crippen molar-refractivity contribution in [1.82, 2.24) is 10.2 Å². The van der Waals surface area contributed by atoms with E-state index in [4.69, 9.17) is 4.42 Å². The highest BCUT2D eigenvalue weighted by atomic mass is 79.9. The summed E-state index contributed by atoms with van der Waals surface area (Å²) in [6.45, 7) is 2.05. The van der Waals surface area contributed by atoms with Gasteiger partial charge in [-0.2, -0.15) is 0 Å². The van der Waals surface area contributed by atoms with Crippen LogP contribution in [0.25, 0.3) is 11.5 Å². The van der Waals surface area contributed by atoms with E-state index in [0.29, 0.717) is 11.8 Å². The highest BCUT2D eigenvalue weighted by Gasteiger charge is 2.29. The average molecular weight is 279 g/mol. The molecule has 0 N–H and O–H groups in total. The molecule has 1 fully saturated rings. The number of rotatable bonds is 2. The first kappa shape index (κ1) is 10.0. The van der Waals surface area contributed by atoms with Gasteiger partial charge in [0.15, 0.2) is 0 Å². The molecule has 1 aromatic carbocycles. The fraction of sp³-hybridized carbons (Fsp3) is 0.333. The molecule has 1 aliphatic carbocycles. The summed E-state index contributed by atoms with van der Waals surface area (Å²) in [6, 6.07) is 6.10.